The molecule has 0 spiro atoms. The van der Waals surface area contributed by atoms with Crippen LogP contribution in [0.2, 0.25) is 5.02 Å². The zero-order valence-corrected chi connectivity index (χ0v) is 13.2. The zero-order chi connectivity index (χ0) is 14.0. The third-order valence-electron chi connectivity index (χ3n) is 2.59. The van der Waals surface area contributed by atoms with Gasteiger partial charge in [0.15, 0.2) is 0 Å². The molecule has 0 aliphatic heterocycles. The topological polar surface area (TPSA) is 50.9 Å². The van der Waals surface area contributed by atoms with Gasteiger partial charge in [-0.2, -0.15) is 0 Å². The molecule has 0 bridgehead atoms. The van der Waals surface area contributed by atoms with Crippen molar-refractivity contribution in [3.63, 3.8) is 0 Å². The molecule has 0 amide bonds. The first-order valence-corrected chi connectivity index (χ1v) is 7.04. The summed E-state index contributed by atoms with van der Waals surface area (Å²) in [6.45, 7) is 1.94. The summed E-state index contributed by atoms with van der Waals surface area (Å²) in [5.41, 5.74) is 8.34. The molecule has 2 rings (SSSR count). The van der Waals surface area contributed by atoms with Gasteiger partial charge in [-0.25, -0.2) is 4.98 Å². The lowest BCUT2D eigenvalue weighted by Crippen LogP contribution is -2.14. The van der Waals surface area contributed by atoms with E-state index in [-0.39, 0.29) is 0 Å². The molecule has 0 radical (unpaired) electrons. The first kappa shape index (κ1) is 14.2. The molecular formula is C13H11BrClN3S. The van der Waals surface area contributed by atoms with Crippen molar-refractivity contribution >= 4 is 56.2 Å². The molecule has 6 heteroatoms. The highest BCUT2D eigenvalue weighted by molar-refractivity contribution is 9.10. The lowest BCUT2D eigenvalue weighted by molar-refractivity contribution is 1.26. The normalized spacial score (nSPS) is 10.3. The van der Waals surface area contributed by atoms with Crippen LogP contribution >= 0.6 is 39.7 Å². The SMILES string of the molecule is Cc1ccnc(Nc2ccc(Cl)c(Br)c2)c1C(N)=S. The summed E-state index contributed by atoms with van der Waals surface area (Å²) in [6.07, 6.45) is 1.71. The fourth-order valence-corrected chi connectivity index (χ4v) is 2.43. The molecule has 19 heavy (non-hydrogen) atoms. The Bertz CT molecular complexity index is 646. The number of benzene rings is 1. The molecule has 0 saturated carbocycles. The van der Waals surface area contributed by atoms with Gasteiger partial charge in [-0.05, 0) is 52.7 Å². The zero-order valence-electron chi connectivity index (χ0n) is 10.1. The number of nitrogens with zero attached hydrogens (tertiary/aromatic N) is 1. The van der Waals surface area contributed by atoms with Crippen LogP contribution in [-0.4, -0.2) is 9.97 Å². The molecule has 0 aliphatic rings. The van der Waals surface area contributed by atoms with Gasteiger partial charge < -0.3 is 11.1 Å². The Morgan fingerprint density at radius 1 is 1.42 bits per heavy atom. The Morgan fingerprint density at radius 2 is 2.16 bits per heavy atom. The largest absolute Gasteiger partial charge is 0.389 e. The molecule has 0 atom stereocenters. The monoisotopic (exact) mass is 355 g/mol. The number of thiocarbonyl (C=S) groups is 1. The van der Waals surface area contributed by atoms with E-state index < -0.39 is 0 Å². The van der Waals surface area contributed by atoms with Crippen molar-refractivity contribution < 1.29 is 0 Å². The van der Waals surface area contributed by atoms with Crippen molar-refractivity contribution in [3.8, 4) is 0 Å². The number of aromatic nitrogens is 1. The van der Waals surface area contributed by atoms with E-state index in [1.165, 1.54) is 0 Å². The molecule has 1 aromatic heterocycles. The van der Waals surface area contributed by atoms with E-state index in [1.807, 2.05) is 25.1 Å². The van der Waals surface area contributed by atoms with Crippen LogP contribution in [0, 0.1) is 6.92 Å². The molecule has 3 nitrogen and oxygen atoms in total. The number of nitrogens with two attached hydrogens (primary N) is 1. The van der Waals surface area contributed by atoms with Gasteiger partial charge >= 0.3 is 0 Å². The van der Waals surface area contributed by atoms with Crippen molar-refractivity contribution in [1.82, 2.24) is 4.98 Å². The molecule has 0 aliphatic carbocycles. The predicted octanol–water partition coefficient (Wildman–Crippen LogP) is 4.18. The number of halogens is 2. The molecule has 98 valence electrons. The molecule has 1 aromatic carbocycles. The maximum absolute atomic E-state index is 5.96. The quantitative estimate of drug-likeness (QED) is 0.810. The van der Waals surface area contributed by atoms with Crippen molar-refractivity contribution in [2.75, 3.05) is 5.32 Å². The molecule has 1 heterocycles. The summed E-state index contributed by atoms with van der Waals surface area (Å²) in [4.78, 5) is 4.60. The average Bonchev–Trinajstić information content (AvgIpc) is 2.33. The van der Waals surface area contributed by atoms with Gasteiger partial charge in [0.05, 0.1) is 10.6 Å². The van der Waals surface area contributed by atoms with Crippen molar-refractivity contribution in [2.45, 2.75) is 6.92 Å². The van der Waals surface area contributed by atoms with Gasteiger partial charge in [-0.1, -0.05) is 23.8 Å². The van der Waals surface area contributed by atoms with Crippen LogP contribution in [0.1, 0.15) is 11.1 Å². The highest BCUT2D eigenvalue weighted by atomic mass is 79.9. The van der Waals surface area contributed by atoms with E-state index >= 15 is 0 Å². The van der Waals surface area contributed by atoms with Crippen LogP contribution < -0.4 is 11.1 Å². The second kappa shape index (κ2) is 5.86. The predicted molar refractivity (Wildman–Crippen MR) is 87.3 cm³/mol. The van der Waals surface area contributed by atoms with Gasteiger partial charge in [0, 0.05) is 16.4 Å². The summed E-state index contributed by atoms with van der Waals surface area (Å²) in [5, 5.41) is 3.85. The number of pyridine rings is 1. The van der Waals surface area contributed by atoms with Crippen LogP contribution in [0.3, 0.4) is 0 Å². The van der Waals surface area contributed by atoms with Crippen LogP contribution in [0.4, 0.5) is 11.5 Å². The third kappa shape index (κ3) is 3.23. The molecule has 0 fully saturated rings. The number of hydrogen-bond acceptors (Lipinski definition) is 3. The molecular weight excluding hydrogens is 346 g/mol. The Balaban J connectivity index is 2.40. The summed E-state index contributed by atoms with van der Waals surface area (Å²) in [5.74, 6) is 0.640. The maximum Gasteiger partial charge on any atom is 0.140 e. The van der Waals surface area contributed by atoms with E-state index in [9.17, 15) is 0 Å². The first-order valence-electron chi connectivity index (χ1n) is 5.46. The average molecular weight is 357 g/mol. The lowest BCUT2D eigenvalue weighted by Gasteiger charge is -2.12. The Kier molecular flexibility index (Phi) is 4.39. The van der Waals surface area contributed by atoms with E-state index in [4.69, 9.17) is 29.6 Å². The fourth-order valence-electron chi connectivity index (χ4n) is 1.67. The number of anilines is 2. The van der Waals surface area contributed by atoms with Gasteiger partial charge in [-0.15, -0.1) is 0 Å². The number of rotatable bonds is 3. The Labute approximate surface area is 130 Å². The van der Waals surface area contributed by atoms with Crippen LogP contribution in [-0.2, 0) is 0 Å². The number of aryl methyl sites for hydroxylation is 1. The highest BCUT2D eigenvalue weighted by Crippen LogP contribution is 2.28. The number of hydrogen-bond donors (Lipinski definition) is 2. The fraction of sp³-hybridized carbons (Fsp3) is 0.0769. The van der Waals surface area contributed by atoms with Crippen LogP contribution in [0.5, 0.6) is 0 Å². The minimum absolute atomic E-state index is 0.320. The molecule has 2 aromatic rings. The lowest BCUT2D eigenvalue weighted by atomic mass is 10.1. The Hall–Kier alpha value is -1.17. The minimum atomic E-state index is 0.320. The van der Waals surface area contributed by atoms with E-state index in [2.05, 4.69) is 26.2 Å². The summed E-state index contributed by atoms with van der Waals surface area (Å²) in [7, 11) is 0. The minimum Gasteiger partial charge on any atom is -0.389 e. The summed E-state index contributed by atoms with van der Waals surface area (Å²) < 4.78 is 0.809. The highest BCUT2D eigenvalue weighted by Gasteiger charge is 2.10. The van der Waals surface area contributed by atoms with E-state index in [0.717, 1.165) is 21.3 Å². The van der Waals surface area contributed by atoms with Crippen LogP contribution in [0.15, 0.2) is 34.9 Å². The second-order valence-corrected chi connectivity index (χ2v) is 5.67. The smallest absolute Gasteiger partial charge is 0.140 e. The Morgan fingerprint density at radius 3 is 2.79 bits per heavy atom. The summed E-state index contributed by atoms with van der Waals surface area (Å²) in [6, 6.07) is 7.40. The van der Waals surface area contributed by atoms with E-state index in [0.29, 0.717) is 15.8 Å². The van der Waals surface area contributed by atoms with Gasteiger partial charge in [-0.3, -0.25) is 0 Å². The van der Waals surface area contributed by atoms with Crippen molar-refractivity contribution in [2.24, 2.45) is 5.73 Å². The molecule has 0 unspecified atom stereocenters. The van der Waals surface area contributed by atoms with Crippen molar-refractivity contribution in [1.29, 1.82) is 0 Å². The standard InChI is InChI=1S/C13H11BrClN3S/c1-7-4-5-17-13(11(7)12(16)19)18-8-2-3-10(15)9(14)6-8/h2-6H,1H3,(H2,16,19)(H,17,18). The third-order valence-corrected chi connectivity index (χ3v) is 4.01. The van der Waals surface area contributed by atoms with Gasteiger partial charge in [0.1, 0.15) is 10.8 Å². The van der Waals surface area contributed by atoms with E-state index in [1.54, 1.807) is 12.3 Å². The second-order valence-electron chi connectivity index (χ2n) is 3.97. The van der Waals surface area contributed by atoms with Crippen molar-refractivity contribution in [3.05, 3.63) is 51.1 Å². The van der Waals surface area contributed by atoms with Crippen LogP contribution in [0.25, 0.3) is 0 Å². The maximum atomic E-state index is 5.96. The van der Waals surface area contributed by atoms with Gasteiger partial charge in [0.25, 0.3) is 0 Å². The summed E-state index contributed by atoms with van der Waals surface area (Å²) >= 11 is 14.4. The van der Waals surface area contributed by atoms with Gasteiger partial charge in [0.2, 0.25) is 0 Å². The number of nitrogens with one attached hydrogen (secondary N) is 1. The molecule has 3 N–H and O–H groups in total. The first-order chi connectivity index (χ1) is 8.99. The molecule has 0 saturated heterocycles.